The van der Waals surface area contributed by atoms with Gasteiger partial charge in [-0.2, -0.15) is 18.0 Å². The number of aliphatic hydroxyl groups excluding tert-OH is 1. The van der Waals surface area contributed by atoms with E-state index in [1.54, 1.807) is 23.6 Å². The lowest BCUT2D eigenvalue weighted by atomic mass is 9.73. The monoisotopic (exact) mass is 832 g/mol. The third-order valence-electron chi connectivity index (χ3n) is 12.3. The highest BCUT2D eigenvalue weighted by Gasteiger charge is 2.46. The quantitative estimate of drug-likeness (QED) is 0.164. The van der Waals surface area contributed by atoms with Crippen LogP contribution in [0.2, 0.25) is 0 Å². The Labute approximate surface area is 340 Å². The number of nitrogens with zero attached hydrogens (tertiary/aromatic N) is 5. The zero-order valence-electron chi connectivity index (χ0n) is 32.7. The van der Waals surface area contributed by atoms with E-state index in [1.165, 1.54) is 31.6 Å². The molecule has 312 valence electrons. The van der Waals surface area contributed by atoms with Gasteiger partial charge in [0.2, 0.25) is 5.91 Å². The van der Waals surface area contributed by atoms with Gasteiger partial charge in [0, 0.05) is 38.4 Å². The van der Waals surface area contributed by atoms with Crippen LogP contribution in [-0.4, -0.2) is 95.4 Å². The molecule has 1 aromatic heterocycles. The molecule has 18 heteroatoms. The van der Waals surface area contributed by atoms with Crippen molar-refractivity contribution in [3.63, 3.8) is 0 Å². The Kier molecular flexibility index (Phi) is 11.1. The molecule has 3 saturated heterocycles. The average Bonchev–Trinajstić information content (AvgIpc) is 3.60. The van der Waals surface area contributed by atoms with Crippen LogP contribution in [-0.2, 0) is 19.7 Å². The summed E-state index contributed by atoms with van der Waals surface area (Å²) in [6.45, 7) is 3.78. The Hall–Kier alpha value is -5.19. The van der Waals surface area contributed by atoms with Crippen molar-refractivity contribution in [2.75, 3.05) is 43.3 Å². The minimum absolute atomic E-state index is 0.0593. The number of nitriles is 1. The molecule has 3 aliphatic heterocycles. The number of rotatable bonds is 11. The lowest BCUT2D eigenvalue weighted by Gasteiger charge is -2.48. The SMILES string of the molecule is CCN(C)S(=O)(=O)Nc1ccc(F)c(Oc2ccc3ncn([C@H]4COC5(CCN(C6CC(c7ccc(NC8CCC(O)NC8=O)cc7F)C6)CC5)C4)c(=O)c3c2)c1C#N. The van der Waals surface area contributed by atoms with Crippen LogP contribution in [0, 0.1) is 23.0 Å². The molecule has 15 nitrogen and oxygen atoms in total. The number of fused-ring (bicyclic) bond motifs is 1. The number of carbonyl (C=O) groups excluding carboxylic acids is 1. The predicted molar refractivity (Wildman–Crippen MR) is 214 cm³/mol. The van der Waals surface area contributed by atoms with Gasteiger partial charge in [-0.05, 0) is 98.9 Å². The summed E-state index contributed by atoms with van der Waals surface area (Å²) in [5.74, 6) is -1.82. The molecule has 4 fully saturated rings. The molecule has 1 saturated carbocycles. The smallest absolute Gasteiger partial charge is 0.301 e. The molecule has 2 unspecified atom stereocenters. The number of anilines is 2. The second-order valence-electron chi connectivity index (χ2n) is 15.9. The molecule has 3 aromatic carbocycles. The van der Waals surface area contributed by atoms with E-state index in [9.17, 15) is 28.4 Å². The number of benzene rings is 3. The van der Waals surface area contributed by atoms with E-state index in [4.69, 9.17) is 9.47 Å². The Morgan fingerprint density at radius 1 is 1.08 bits per heavy atom. The lowest BCUT2D eigenvalue weighted by molar-refractivity contribution is -0.127. The van der Waals surface area contributed by atoms with Gasteiger partial charge in [0.15, 0.2) is 11.6 Å². The third kappa shape index (κ3) is 8.09. The number of aliphatic hydroxyl groups is 1. The summed E-state index contributed by atoms with van der Waals surface area (Å²) in [5, 5.41) is 25.3. The van der Waals surface area contributed by atoms with Gasteiger partial charge in [-0.15, -0.1) is 0 Å². The highest BCUT2D eigenvalue weighted by molar-refractivity contribution is 7.90. The normalized spacial score (nSPS) is 24.4. The molecule has 4 aliphatic rings. The maximum atomic E-state index is 15.2. The molecule has 4 N–H and O–H groups in total. The summed E-state index contributed by atoms with van der Waals surface area (Å²) in [7, 11) is -2.66. The van der Waals surface area contributed by atoms with E-state index in [0.717, 1.165) is 55.2 Å². The number of piperidine rings is 2. The molecule has 0 radical (unpaired) electrons. The van der Waals surface area contributed by atoms with Crippen molar-refractivity contribution in [2.45, 2.75) is 87.7 Å². The van der Waals surface area contributed by atoms with Crippen molar-refractivity contribution in [1.82, 2.24) is 24.1 Å². The summed E-state index contributed by atoms with van der Waals surface area (Å²) in [6, 6.07) is 13.1. The number of nitrogens with one attached hydrogen (secondary N) is 3. The van der Waals surface area contributed by atoms with Crippen LogP contribution >= 0.6 is 0 Å². The first kappa shape index (κ1) is 40.6. The Bertz CT molecular complexity index is 2480. The minimum Gasteiger partial charge on any atom is -0.453 e. The standard InChI is InChI=1S/C41H46F2N8O7S/c1-3-49(2)59(55,56)48-35-9-7-32(42)38(31(35)21-44)58-28-5-8-34-30(19-28)40(54)51(23-45-34)27-20-41(57-22-27)12-14-50(15-13-41)26-16-24(17-26)29-6-4-25(18-33(29)43)46-36-10-11-37(52)47-39(36)53/h4-9,18-19,23-24,26-27,36-37,46,48,52H,3,10-17,20,22H2,1-2H3,(H,47,53)/t24?,26?,27-,36?,37?/m1/s1. The Morgan fingerprint density at radius 2 is 1.86 bits per heavy atom. The van der Waals surface area contributed by atoms with Gasteiger partial charge in [-0.25, -0.2) is 13.8 Å². The van der Waals surface area contributed by atoms with E-state index in [-0.39, 0.29) is 58.2 Å². The van der Waals surface area contributed by atoms with Crippen LogP contribution in [0.15, 0.2) is 59.7 Å². The van der Waals surface area contributed by atoms with Gasteiger partial charge in [0.25, 0.3) is 5.56 Å². The van der Waals surface area contributed by atoms with Gasteiger partial charge < -0.3 is 30.1 Å². The maximum Gasteiger partial charge on any atom is 0.301 e. The van der Waals surface area contributed by atoms with Crippen molar-refractivity contribution >= 4 is 38.4 Å². The van der Waals surface area contributed by atoms with E-state index < -0.39 is 39.6 Å². The van der Waals surface area contributed by atoms with Crippen molar-refractivity contribution in [1.29, 1.82) is 5.26 Å². The van der Waals surface area contributed by atoms with Crippen LogP contribution in [0.5, 0.6) is 11.5 Å². The summed E-state index contributed by atoms with van der Waals surface area (Å²) in [4.78, 5) is 33.0. The van der Waals surface area contributed by atoms with Crippen molar-refractivity contribution in [3.05, 3.63) is 88.0 Å². The number of aromatic nitrogens is 2. The van der Waals surface area contributed by atoms with E-state index in [0.29, 0.717) is 48.7 Å². The first-order valence-electron chi connectivity index (χ1n) is 19.8. The number of amides is 1. The first-order valence-corrected chi connectivity index (χ1v) is 21.3. The maximum absolute atomic E-state index is 15.2. The first-order chi connectivity index (χ1) is 28.3. The zero-order valence-corrected chi connectivity index (χ0v) is 33.5. The van der Waals surface area contributed by atoms with Gasteiger partial charge in [-0.1, -0.05) is 13.0 Å². The van der Waals surface area contributed by atoms with Gasteiger partial charge in [0.1, 0.15) is 35.5 Å². The molecular formula is C41H46F2N8O7S. The average molecular weight is 833 g/mol. The minimum atomic E-state index is -4.02. The molecule has 59 heavy (non-hydrogen) atoms. The summed E-state index contributed by atoms with van der Waals surface area (Å²) < 4.78 is 72.8. The summed E-state index contributed by atoms with van der Waals surface area (Å²) in [6.07, 6.45) is 5.45. The summed E-state index contributed by atoms with van der Waals surface area (Å²) >= 11 is 0. The topological polar surface area (TPSA) is 191 Å². The van der Waals surface area contributed by atoms with Crippen molar-refractivity contribution < 1.29 is 36.6 Å². The lowest BCUT2D eigenvalue weighted by Crippen LogP contribution is -2.51. The molecule has 1 spiro atoms. The molecule has 4 aromatic rings. The predicted octanol–water partition coefficient (Wildman–Crippen LogP) is 4.70. The number of hydrogen-bond acceptors (Lipinski definition) is 11. The van der Waals surface area contributed by atoms with Crippen LogP contribution in [0.4, 0.5) is 20.2 Å². The van der Waals surface area contributed by atoms with Gasteiger partial charge >= 0.3 is 10.2 Å². The number of ether oxygens (including phenoxy) is 2. The zero-order chi connectivity index (χ0) is 41.6. The van der Waals surface area contributed by atoms with Crippen molar-refractivity contribution in [3.8, 4) is 17.6 Å². The fraction of sp³-hybridized carbons (Fsp3) is 0.463. The number of carbonyl (C=O) groups is 1. The molecule has 0 bridgehead atoms. The molecule has 1 amide bonds. The highest BCUT2D eigenvalue weighted by Crippen LogP contribution is 2.46. The largest absolute Gasteiger partial charge is 0.453 e. The number of halogens is 2. The number of likely N-dealkylation sites (tertiary alicyclic amines) is 1. The highest BCUT2D eigenvalue weighted by atomic mass is 32.2. The van der Waals surface area contributed by atoms with Crippen LogP contribution in [0.1, 0.15) is 75.0 Å². The van der Waals surface area contributed by atoms with Gasteiger partial charge in [-0.3, -0.25) is 18.9 Å². The molecule has 1 aliphatic carbocycles. The second kappa shape index (κ2) is 16.1. The molecule has 8 rings (SSSR count). The van der Waals surface area contributed by atoms with Crippen molar-refractivity contribution in [2.24, 2.45) is 0 Å². The van der Waals surface area contributed by atoms with Crippen LogP contribution in [0.3, 0.4) is 0 Å². The van der Waals surface area contributed by atoms with E-state index in [1.807, 2.05) is 12.1 Å². The fourth-order valence-corrected chi connectivity index (χ4v) is 9.60. The van der Waals surface area contributed by atoms with E-state index in [2.05, 4.69) is 25.2 Å². The second-order valence-corrected chi connectivity index (χ2v) is 17.7. The Balaban J connectivity index is 0.886. The molecule has 3 atom stereocenters. The summed E-state index contributed by atoms with van der Waals surface area (Å²) in [5.41, 5.74) is 0.363. The molecular weight excluding hydrogens is 787 g/mol. The van der Waals surface area contributed by atoms with Gasteiger partial charge in [0.05, 0.1) is 41.2 Å². The fourth-order valence-electron chi connectivity index (χ4n) is 8.66. The van der Waals surface area contributed by atoms with Crippen LogP contribution < -0.4 is 25.7 Å². The molecule has 4 heterocycles. The third-order valence-corrected chi connectivity index (χ3v) is 13.9. The number of hydrogen-bond donors (Lipinski definition) is 4. The van der Waals surface area contributed by atoms with E-state index >= 15 is 8.78 Å². The Morgan fingerprint density at radius 3 is 2.58 bits per heavy atom. The van der Waals surface area contributed by atoms with Crippen LogP contribution in [0.25, 0.3) is 10.9 Å².